The summed E-state index contributed by atoms with van der Waals surface area (Å²) in [7, 11) is 0. The number of cyclic esters (lactones) is 1. The van der Waals surface area contributed by atoms with Crippen LogP contribution in [0.15, 0.2) is 0 Å². The van der Waals surface area contributed by atoms with Crippen molar-refractivity contribution in [2.24, 2.45) is 41.4 Å². The smallest absolute Gasteiger partial charge is 0.347 e. The predicted molar refractivity (Wildman–Crippen MR) is 173 cm³/mol. The number of carbonyl (C=O) groups is 5. The normalized spacial score (nSPS) is 40.5. The Balaban J connectivity index is 0.000000146. The molecule has 49 heavy (non-hydrogen) atoms. The molecular weight excluding hydrogens is 636 g/mol. The quantitative estimate of drug-likeness (QED) is 0.261. The molecule has 8 rings (SSSR count). The first-order valence-corrected chi connectivity index (χ1v) is 18.5. The molecule has 0 aromatic carbocycles. The number of esters is 5. The average Bonchev–Trinajstić information content (AvgIpc) is 3.77. The maximum absolute atomic E-state index is 12.1. The zero-order valence-electron chi connectivity index (χ0n) is 29.9. The topological polar surface area (TPSA) is 172 Å². The van der Waals surface area contributed by atoms with E-state index in [-0.39, 0.29) is 65.7 Å². The summed E-state index contributed by atoms with van der Waals surface area (Å²) in [6.45, 7) is 11.7. The molecule has 2 N–H and O–H groups in total. The van der Waals surface area contributed by atoms with Crippen LogP contribution in [0.1, 0.15) is 119 Å². The predicted octanol–water partition coefficient (Wildman–Crippen LogP) is 4.19. The minimum absolute atomic E-state index is 0.0676. The molecule has 0 aromatic rings. The van der Waals surface area contributed by atoms with Crippen LogP contribution in [0.5, 0.6) is 0 Å². The van der Waals surface area contributed by atoms with Crippen molar-refractivity contribution in [1.82, 2.24) is 0 Å². The molecule has 0 aromatic heterocycles. The minimum Gasteiger partial charge on any atom is -0.463 e. The first-order valence-electron chi connectivity index (χ1n) is 18.5. The van der Waals surface area contributed by atoms with Crippen LogP contribution in [0.25, 0.3) is 0 Å². The minimum atomic E-state index is -0.829. The molecule has 0 amide bonds. The van der Waals surface area contributed by atoms with E-state index in [9.17, 15) is 34.2 Å². The van der Waals surface area contributed by atoms with E-state index in [2.05, 4.69) is 4.74 Å². The first-order chi connectivity index (χ1) is 23.0. The Kier molecular flexibility index (Phi) is 11.1. The van der Waals surface area contributed by atoms with E-state index >= 15 is 0 Å². The van der Waals surface area contributed by atoms with Crippen LogP contribution in [0.2, 0.25) is 0 Å². The third-order valence-corrected chi connectivity index (χ3v) is 12.1. The molecule has 8 aliphatic rings. The Bertz CT molecular complexity index is 1260. The molecule has 276 valence electrons. The number of rotatable bonds is 9. The molecule has 2 aliphatic heterocycles. The highest BCUT2D eigenvalue weighted by Gasteiger charge is 2.65. The Morgan fingerprint density at radius 3 is 1.90 bits per heavy atom. The van der Waals surface area contributed by atoms with E-state index in [0.717, 1.165) is 51.4 Å². The Morgan fingerprint density at radius 1 is 0.796 bits per heavy atom. The second-order valence-electron chi connectivity index (χ2n) is 16.2. The molecule has 6 saturated carbocycles. The zero-order valence-corrected chi connectivity index (χ0v) is 29.9. The van der Waals surface area contributed by atoms with Crippen LogP contribution >= 0.6 is 0 Å². The fourth-order valence-electron chi connectivity index (χ4n) is 9.33. The lowest BCUT2D eigenvalue weighted by Gasteiger charge is -2.62. The highest BCUT2D eigenvalue weighted by molar-refractivity contribution is 5.81. The molecule has 2 saturated heterocycles. The van der Waals surface area contributed by atoms with Gasteiger partial charge in [0.05, 0.1) is 41.5 Å². The van der Waals surface area contributed by atoms with E-state index in [1.54, 1.807) is 6.92 Å². The van der Waals surface area contributed by atoms with Gasteiger partial charge in [-0.2, -0.15) is 0 Å². The lowest BCUT2D eigenvalue weighted by Crippen LogP contribution is -2.67. The number of carbonyl (C=O) groups excluding carboxylic acids is 5. The van der Waals surface area contributed by atoms with Crippen molar-refractivity contribution < 1.29 is 57.9 Å². The van der Waals surface area contributed by atoms with E-state index in [0.29, 0.717) is 44.1 Å². The van der Waals surface area contributed by atoms with Crippen molar-refractivity contribution in [2.45, 2.75) is 154 Å². The molecule has 0 spiro atoms. The molecular formula is C37H56O12. The van der Waals surface area contributed by atoms with E-state index in [1.165, 1.54) is 0 Å². The molecule has 12 heteroatoms. The summed E-state index contributed by atoms with van der Waals surface area (Å²) in [6.07, 6.45) is 7.33. The SMILES string of the molecule is CCC(C)C(=O)OC12CC3CC(O)(CC(O)(C3)C1)C2.CCC(C)C(=O)OC1C2CC3C(=O)OC1C3C2.CCC(C)C(=O)OC1CCOC1=O. The molecule has 8 fully saturated rings. The number of aliphatic hydroxyl groups is 2. The summed E-state index contributed by atoms with van der Waals surface area (Å²) >= 11 is 0. The lowest BCUT2D eigenvalue weighted by molar-refractivity contribution is -0.262. The largest absolute Gasteiger partial charge is 0.463 e. The van der Waals surface area contributed by atoms with Crippen LogP contribution in [-0.4, -0.2) is 81.8 Å². The summed E-state index contributed by atoms with van der Waals surface area (Å²) in [5, 5.41) is 21.2. The van der Waals surface area contributed by atoms with E-state index in [1.807, 2.05) is 34.6 Å². The second-order valence-corrected chi connectivity index (χ2v) is 16.2. The second kappa shape index (κ2) is 14.5. The average molecular weight is 693 g/mol. The van der Waals surface area contributed by atoms with Crippen LogP contribution in [0.4, 0.5) is 0 Å². The molecule has 12 nitrogen and oxygen atoms in total. The zero-order chi connectivity index (χ0) is 35.9. The number of fused-ring (bicyclic) bond motifs is 1. The van der Waals surface area contributed by atoms with Crippen molar-refractivity contribution in [2.75, 3.05) is 6.61 Å². The van der Waals surface area contributed by atoms with Gasteiger partial charge in [-0.25, -0.2) is 4.79 Å². The first kappa shape index (κ1) is 37.5. The van der Waals surface area contributed by atoms with Crippen molar-refractivity contribution in [1.29, 1.82) is 0 Å². The number of hydrogen-bond acceptors (Lipinski definition) is 12. The number of ether oxygens (including phenoxy) is 5. The molecule has 0 radical (unpaired) electrons. The molecule has 6 aliphatic carbocycles. The third-order valence-electron chi connectivity index (χ3n) is 12.1. The van der Waals surface area contributed by atoms with Crippen molar-refractivity contribution in [3.8, 4) is 0 Å². The fraction of sp³-hybridized carbons (Fsp3) is 0.865. The van der Waals surface area contributed by atoms with Gasteiger partial charge in [0.15, 0.2) is 0 Å². The van der Waals surface area contributed by atoms with Gasteiger partial charge >= 0.3 is 29.8 Å². The van der Waals surface area contributed by atoms with Crippen molar-refractivity contribution in [3.63, 3.8) is 0 Å². The third kappa shape index (κ3) is 7.95. The summed E-state index contributed by atoms with van der Waals surface area (Å²) in [6, 6.07) is 0. The molecule has 2 heterocycles. The highest BCUT2D eigenvalue weighted by Crippen LogP contribution is 2.60. The Labute approximate surface area is 289 Å². The monoisotopic (exact) mass is 692 g/mol. The Hall–Kier alpha value is -2.73. The van der Waals surface area contributed by atoms with Crippen molar-refractivity contribution in [3.05, 3.63) is 0 Å². The lowest BCUT2D eigenvalue weighted by atomic mass is 9.50. The van der Waals surface area contributed by atoms with Gasteiger partial charge < -0.3 is 33.9 Å². The Morgan fingerprint density at radius 2 is 1.37 bits per heavy atom. The summed E-state index contributed by atoms with van der Waals surface area (Å²) in [5.41, 5.74) is -2.28. The van der Waals surface area contributed by atoms with Gasteiger partial charge in [-0.3, -0.25) is 19.2 Å². The van der Waals surface area contributed by atoms with Gasteiger partial charge in [0.1, 0.15) is 17.8 Å². The maximum atomic E-state index is 12.1. The maximum Gasteiger partial charge on any atom is 0.347 e. The van der Waals surface area contributed by atoms with Crippen LogP contribution in [0.3, 0.4) is 0 Å². The fourth-order valence-corrected chi connectivity index (χ4v) is 9.33. The van der Waals surface area contributed by atoms with Gasteiger partial charge in [0, 0.05) is 37.5 Å². The molecule has 11 atom stereocenters. The van der Waals surface area contributed by atoms with Crippen LogP contribution in [0, 0.1) is 41.4 Å². The standard InChI is InChI=1S/C15H24O4.C13H18O4.C9H14O4/c1-3-10(2)12(16)19-15-6-11-4-13(17,8-15)7-14(18,5-11)9-15;1-3-6(2)12(14)16-10-7-4-8-9(5-7)13(15)17-11(8)10;1-3-6(2)8(10)13-7-4-5-12-9(7)11/h10-11,17-18H,3-9H2,1-2H3;6-11H,3-5H2,1-2H3;6-7H,3-5H2,1-2H3. The van der Waals surface area contributed by atoms with Gasteiger partial charge in [0.25, 0.3) is 0 Å². The molecule has 11 unspecified atom stereocenters. The summed E-state index contributed by atoms with van der Waals surface area (Å²) < 4.78 is 26.3. The van der Waals surface area contributed by atoms with Gasteiger partial charge in [-0.05, 0) is 57.3 Å². The van der Waals surface area contributed by atoms with Gasteiger partial charge in [0.2, 0.25) is 6.10 Å². The summed E-state index contributed by atoms with van der Waals surface area (Å²) in [5.74, 6) is -0.447. The van der Waals surface area contributed by atoms with E-state index in [4.69, 9.17) is 18.9 Å². The number of hydrogen-bond donors (Lipinski definition) is 2. The molecule has 6 bridgehead atoms. The van der Waals surface area contributed by atoms with E-state index < -0.39 is 28.9 Å². The highest BCUT2D eigenvalue weighted by atomic mass is 16.6. The van der Waals surface area contributed by atoms with Crippen LogP contribution in [-0.2, 0) is 47.7 Å². The van der Waals surface area contributed by atoms with Crippen LogP contribution < -0.4 is 0 Å². The van der Waals surface area contributed by atoms with Gasteiger partial charge in [-0.1, -0.05) is 41.5 Å². The van der Waals surface area contributed by atoms with Crippen molar-refractivity contribution >= 4 is 29.8 Å². The van der Waals surface area contributed by atoms with Gasteiger partial charge in [-0.15, -0.1) is 0 Å². The summed E-state index contributed by atoms with van der Waals surface area (Å²) in [4.78, 5) is 57.6.